The van der Waals surface area contributed by atoms with Crippen LogP contribution in [0.3, 0.4) is 0 Å². The fraction of sp³-hybridized carbons (Fsp3) is 0.889. The summed E-state index contributed by atoms with van der Waals surface area (Å²) in [6.07, 6.45) is 0.834. The minimum atomic E-state index is -0.400. The van der Waals surface area contributed by atoms with Gasteiger partial charge in [0.25, 0.3) is 0 Å². The van der Waals surface area contributed by atoms with Gasteiger partial charge in [-0.25, -0.2) is 0 Å². The summed E-state index contributed by atoms with van der Waals surface area (Å²) in [5, 5.41) is 0. The third-order valence-electron chi connectivity index (χ3n) is 2.04. The maximum atomic E-state index is 11.7. The van der Waals surface area contributed by atoms with Crippen molar-refractivity contribution in [2.75, 3.05) is 20.1 Å². The van der Waals surface area contributed by atoms with Crippen molar-refractivity contribution in [3.63, 3.8) is 0 Å². The van der Waals surface area contributed by atoms with Crippen molar-refractivity contribution in [1.82, 2.24) is 5.43 Å². The van der Waals surface area contributed by atoms with E-state index in [1.54, 1.807) is 0 Å². The Morgan fingerprint density at radius 2 is 2.08 bits per heavy atom. The highest BCUT2D eigenvalue weighted by molar-refractivity contribution is 5.59. The van der Waals surface area contributed by atoms with Crippen LogP contribution in [0.2, 0.25) is 0 Å². The van der Waals surface area contributed by atoms with Gasteiger partial charge in [0.15, 0.2) is 0 Å². The number of rotatable bonds is 0. The van der Waals surface area contributed by atoms with Crippen LogP contribution in [0.1, 0.15) is 27.2 Å². The van der Waals surface area contributed by atoms with Gasteiger partial charge in [0.2, 0.25) is 0 Å². The summed E-state index contributed by atoms with van der Waals surface area (Å²) < 4.78 is 5.50. The smallest absolute Gasteiger partial charge is 0.413 e. The largest absolute Gasteiger partial charge is 0.536 e. The molecule has 1 atom stereocenters. The Morgan fingerprint density at radius 1 is 1.46 bits per heavy atom. The summed E-state index contributed by atoms with van der Waals surface area (Å²) in [4.78, 5) is 11.7. The third kappa shape index (κ3) is 2.67. The van der Waals surface area contributed by atoms with E-state index in [-0.39, 0.29) is 10.7 Å². The molecule has 1 fully saturated rings. The van der Waals surface area contributed by atoms with Gasteiger partial charge in [-0.3, -0.25) is 0 Å². The van der Waals surface area contributed by atoms with Crippen LogP contribution in [-0.4, -0.2) is 36.4 Å². The van der Waals surface area contributed by atoms with E-state index in [1.165, 1.54) is 0 Å². The molecule has 4 nitrogen and oxygen atoms in total. The first-order chi connectivity index (χ1) is 5.83. The number of carbonyl (C=O) groups is 1. The highest BCUT2D eigenvalue weighted by Gasteiger charge is 2.39. The van der Waals surface area contributed by atoms with Crippen molar-refractivity contribution in [2.24, 2.45) is 0 Å². The minimum absolute atomic E-state index is 0.190. The molecule has 13 heavy (non-hydrogen) atoms. The Balaban J connectivity index is 2.57. The summed E-state index contributed by atoms with van der Waals surface area (Å²) >= 11 is 0. The zero-order valence-corrected chi connectivity index (χ0v) is 8.89. The Hall–Kier alpha value is -0.610. The Morgan fingerprint density at radius 3 is 2.46 bits per heavy atom. The molecule has 1 unspecified atom stereocenters. The Kier molecular flexibility index (Phi) is 2.63. The number of quaternary nitrogens is 1. The lowest BCUT2D eigenvalue weighted by Crippen LogP contribution is -2.56. The van der Waals surface area contributed by atoms with Crippen LogP contribution in [-0.2, 0) is 4.74 Å². The standard InChI is InChI=1S/C9H19N2O2/c1-9(2,3)13-8(12)11(4)7-5-6-10-11/h10H,5-7H2,1-4H3/q+1. The van der Waals surface area contributed by atoms with Crippen LogP contribution in [0.5, 0.6) is 0 Å². The maximum absolute atomic E-state index is 11.7. The van der Waals surface area contributed by atoms with Crippen LogP contribution in [0.4, 0.5) is 4.79 Å². The molecule has 0 aliphatic carbocycles. The molecule has 1 amide bonds. The second-order valence-corrected chi connectivity index (χ2v) is 4.66. The molecule has 76 valence electrons. The summed E-state index contributed by atoms with van der Waals surface area (Å²) in [6.45, 7) is 7.35. The van der Waals surface area contributed by atoms with Gasteiger partial charge in [-0.05, 0) is 20.8 Å². The number of hydrogen-bond acceptors (Lipinski definition) is 3. The second-order valence-electron chi connectivity index (χ2n) is 4.66. The number of carbonyl (C=O) groups excluding carboxylic acids is 1. The number of hydrogen-bond donors (Lipinski definition) is 1. The number of ether oxygens (including phenoxy) is 1. The van der Waals surface area contributed by atoms with E-state index < -0.39 is 5.60 Å². The summed E-state index contributed by atoms with van der Waals surface area (Å²) in [5.74, 6) is 0. The maximum Gasteiger partial charge on any atom is 0.536 e. The number of nitrogens with one attached hydrogen (secondary N) is 1. The van der Waals surface area contributed by atoms with Gasteiger partial charge in [-0.2, -0.15) is 10.2 Å². The van der Waals surface area contributed by atoms with E-state index in [0.717, 1.165) is 19.5 Å². The SMILES string of the molecule is CC(C)(C)OC(=O)[N+]1(C)CCCN1. The van der Waals surface area contributed by atoms with E-state index in [1.807, 2.05) is 27.8 Å². The fourth-order valence-corrected chi connectivity index (χ4v) is 1.32. The van der Waals surface area contributed by atoms with Crippen molar-refractivity contribution < 1.29 is 14.1 Å². The van der Waals surface area contributed by atoms with Gasteiger partial charge < -0.3 is 4.74 Å². The molecule has 1 heterocycles. The van der Waals surface area contributed by atoms with Crippen LogP contribution in [0.15, 0.2) is 0 Å². The molecule has 0 radical (unpaired) electrons. The summed E-state index contributed by atoms with van der Waals surface area (Å²) in [6, 6.07) is 0. The lowest BCUT2D eigenvalue weighted by molar-refractivity contribution is -0.869. The average molecular weight is 187 g/mol. The number of amides is 1. The molecule has 0 aromatic heterocycles. The molecule has 1 rings (SSSR count). The average Bonchev–Trinajstić information content (AvgIpc) is 2.33. The van der Waals surface area contributed by atoms with E-state index in [9.17, 15) is 4.79 Å². The Bertz CT molecular complexity index is 202. The number of nitrogens with zero attached hydrogens (tertiary/aromatic N) is 1. The molecule has 0 aromatic carbocycles. The molecule has 1 aliphatic rings. The zero-order valence-electron chi connectivity index (χ0n) is 8.89. The first kappa shape index (κ1) is 10.5. The molecule has 1 aliphatic heterocycles. The van der Waals surface area contributed by atoms with Crippen molar-refractivity contribution in [2.45, 2.75) is 32.8 Å². The molecular formula is C9H19N2O2+. The first-order valence-electron chi connectivity index (χ1n) is 4.68. The molecule has 0 bridgehead atoms. The summed E-state index contributed by atoms with van der Waals surface area (Å²) in [5.41, 5.74) is 2.72. The van der Waals surface area contributed by atoms with Crippen molar-refractivity contribution >= 4 is 6.09 Å². The van der Waals surface area contributed by atoms with E-state index >= 15 is 0 Å². The molecule has 0 saturated carbocycles. The van der Waals surface area contributed by atoms with Crippen molar-refractivity contribution in [3.05, 3.63) is 0 Å². The molecular weight excluding hydrogens is 168 g/mol. The van der Waals surface area contributed by atoms with Crippen LogP contribution < -0.4 is 5.43 Å². The van der Waals surface area contributed by atoms with Gasteiger partial charge in [0.05, 0.1) is 13.6 Å². The normalized spacial score (nSPS) is 28.9. The summed E-state index contributed by atoms with van der Waals surface area (Å²) in [7, 11) is 1.85. The first-order valence-corrected chi connectivity index (χ1v) is 4.68. The van der Waals surface area contributed by atoms with Gasteiger partial charge in [-0.15, -0.1) is 4.59 Å². The van der Waals surface area contributed by atoms with E-state index in [0.29, 0.717) is 0 Å². The fourth-order valence-electron chi connectivity index (χ4n) is 1.32. The zero-order chi connectivity index (χ0) is 10.1. The molecule has 0 aromatic rings. The van der Waals surface area contributed by atoms with Gasteiger partial charge >= 0.3 is 6.09 Å². The van der Waals surface area contributed by atoms with Crippen LogP contribution in [0, 0.1) is 0 Å². The highest BCUT2D eigenvalue weighted by atomic mass is 16.6. The minimum Gasteiger partial charge on any atom is -0.413 e. The molecule has 1 N–H and O–H groups in total. The van der Waals surface area contributed by atoms with E-state index in [2.05, 4.69) is 5.43 Å². The predicted molar refractivity (Wildman–Crippen MR) is 49.9 cm³/mol. The van der Waals surface area contributed by atoms with Crippen LogP contribution >= 0.6 is 0 Å². The highest BCUT2D eigenvalue weighted by Crippen LogP contribution is 2.15. The molecule has 4 heteroatoms. The van der Waals surface area contributed by atoms with Gasteiger partial charge in [0.1, 0.15) is 12.1 Å². The Labute approximate surface area is 79.4 Å². The predicted octanol–water partition coefficient (Wildman–Crippen LogP) is 1.28. The quantitative estimate of drug-likeness (QED) is 0.580. The van der Waals surface area contributed by atoms with Crippen LogP contribution in [0.25, 0.3) is 0 Å². The molecule has 1 saturated heterocycles. The topological polar surface area (TPSA) is 38.3 Å². The van der Waals surface area contributed by atoms with Gasteiger partial charge in [0, 0.05) is 6.42 Å². The molecule has 0 spiro atoms. The third-order valence-corrected chi connectivity index (χ3v) is 2.04. The monoisotopic (exact) mass is 187 g/mol. The lowest BCUT2D eigenvalue weighted by atomic mass is 10.2. The second kappa shape index (κ2) is 3.27. The van der Waals surface area contributed by atoms with Crippen molar-refractivity contribution in [1.29, 1.82) is 0 Å². The van der Waals surface area contributed by atoms with Crippen molar-refractivity contribution in [3.8, 4) is 0 Å². The van der Waals surface area contributed by atoms with E-state index in [4.69, 9.17) is 4.74 Å². The lowest BCUT2D eigenvalue weighted by Gasteiger charge is -2.28. The van der Waals surface area contributed by atoms with Gasteiger partial charge in [-0.1, -0.05) is 0 Å².